The Morgan fingerprint density at radius 1 is 1.22 bits per heavy atom. The molecular weight excluding hydrogens is 286 g/mol. The molecular formula is C8H12Na2O7S. The molecule has 0 saturated carbocycles. The van der Waals surface area contributed by atoms with Gasteiger partial charge in [0.05, 0.1) is 12.6 Å². The molecule has 0 radical (unpaired) electrons. The Morgan fingerprint density at radius 2 is 1.72 bits per heavy atom. The van der Waals surface area contributed by atoms with Crippen molar-refractivity contribution < 1.29 is 91.5 Å². The Morgan fingerprint density at radius 3 is 2.06 bits per heavy atom. The molecule has 0 fully saturated rings. The van der Waals surface area contributed by atoms with Crippen molar-refractivity contribution in [3.63, 3.8) is 0 Å². The van der Waals surface area contributed by atoms with Gasteiger partial charge in [-0.15, -0.1) is 0 Å². The molecule has 0 aromatic rings. The van der Waals surface area contributed by atoms with Gasteiger partial charge in [-0.05, 0) is 6.42 Å². The Balaban J connectivity index is -0.00000112. The minimum Gasteiger partial charge on any atom is -0.550 e. The molecule has 0 aliphatic carbocycles. The number of rotatable bonds is 8. The summed E-state index contributed by atoms with van der Waals surface area (Å²) < 4.78 is 26.9. The summed E-state index contributed by atoms with van der Waals surface area (Å²) in [5, 5.41) is 18.4. The van der Waals surface area contributed by atoms with Crippen molar-refractivity contribution in [1.29, 1.82) is 0 Å². The van der Waals surface area contributed by atoms with Crippen LogP contribution in [0.2, 0.25) is 0 Å². The molecule has 0 aromatic carbocycles. The van der Waals surface area contributed by atoms with Crippen LogP contribution in [0.5, 0.6) is 0 Å². The van der Waals surface area contributed by atoms with Crippen LogP contribution < -0.4 is 69.3 Å². The van der Waals surface area contributed by atoms with E-state index in [-0.39, 0.29) is 65.7 Å². The average molecular weight is 298 g/mol. The predicted octanol–water partition coefficient (Wildman–Crippen LogP) is -8.60. The maximum absolute atomic E-state index is 11.2. The van der Waals surface area contributed by atoms with Crippen molar-refractivity contribution >= 4 is 22.1 Å². The molecule has 0 bridgehead atoms. The van der Waals surface area contributed by atoms with Gasteiger partial charge in [0.2, 0.25) is 0 Å². The van der Waals surface area contributed by atoms with Crippen LogP contribution in [0.4, 0.5) is 0 Å². The van der Waals surface area contributed by atoms with Crippen LogP contribution in [-0.4, -0.2) is 32.2 Å². The summed E-state index contributed by atoms with van der Waals surface area (Å²) >= 11 is 0. The van der Waals surface area contributed by atoms with Gasteiger partial charge in [-0.1, -0.05) is 13.3 Å². The molecule has 0 aliphatic rings. The minimum absolute atomic E-state index is 0. The second-order valence-corrected chi connectivity index (χ2v) is 4.84. The van der Waals surface area contributed by atoms with Crippen LogP contribution in [-0.2, 0) is 23.9 Å². The van der Waals surface area contributed by atoms with E-state index in [1.165, 1.54) is 0 Å². The fraction of sp³-hybridized carbons (Fsp3) is 0.750. The maximum Gasteiger partial charge on any atom is 1.00 e. The summed E-state index contributed by atoms with van der Waals surface area (Å²) in [6.45, 7) is 1.60. The largest absolute Gasteiger partial charge is 1.00 e. The number of carboxylic acid groups (broad SMARTS) is 2. The topological polar surface area (TPSA) is 124 Å². The fourth-order valence-corrected chi connectivity index (χ4v) is 1.95. The first-order chi connectivity index (χ1) is 7.31. The smallest absolute Gasteiger partial charge is 0.550 e. The molecule has 0 spiro atoms. The van der Waals surface area contributed by atoms with Crippen LogP contribution >= 0.6 is 0 Å². The molecule has 1 unspecified atom stereocenters. The van der Waals surface area contributed by atoms with Crippen LogP contribution in [0.1, 0.15) is 26.2 Å². The van der Waals surface area contributed by atoms with Gasteiger partial charge in [-0.2, -0.15) is 8.42 Å². The number of hydrogen-bond donors (Lipinski definition) is 0. The molecule has 94 valence electrons. The van der Waals surface area contributed by atoms with Crippen molar-refractivity contribution in [1.82, 2.24) is 0 Å². The maximum atomic E-state index is 11.2. The van der Waals surface area contributed by atoms with Crippen molar-refractivity contribution in [2.45, 2.75) is 31.4 Å². The van der Waals surface area contributed by atoms with Crippen molar-refractivity contribution in [3.8, 4) is 0 Å². The summed E-state index contributed by atoms with van der Waals surface area (Å²) in [6.07, 6.45) is -0.104. The van der Waals surface area contributed by atoms with Crippen LogP contribution in [0.3, 0.4) is 0 Å². The second kappa shape index (κ2) is 11.7. The number of carbonyl (C=O) groups is 2. The van der Waals surface area contributed by atoms with Crippen LogP contribution in [0.25, 0.3) is 0 Å². The quantitative estimate of drug-likeness (QED) is 0.247. The van der Waals surface area contributed by atoms with Crippen molar-refractivity contribution in [2.75, 3.05) is 6.61 Å². The summed E-state index contributed by atoms with van der Waals surface area (Å²) in [5.74, 6) is -3.81. The third-order valence-electron chi connectivity index (χ3n) is 1.71. The number of hydrogen-bond acceptors (Lipinski definition) is 7. The van der Waals surface area contributed by atoms with E-state index in [1.807, 2.05) is 0 Å². The Kier molecular flexibility index (Phi) is 15.5. The molecule has 0 N–H and O–H groups in total. The number of carbonyl (C=O) groups excluding carboxylic acids is 2. The van der Waals surface area contributed by atoms with Gasteiger partial charge in [0.25, 0.3) is 10.1 Å². The van der Waals surface area contributed by atoms with Gasteiger partial charge in [0, 0.05) is 12.4 Å². The van der Waals surface area contributed by atoms with E-state index in [0.29, 0.717) is 12.8 Å². The molecule has 0 heterocycles. The zero-order valence-electron chi connectivity index (χ0n) is 10.7. The Labute approximate surface area is 150 Å². The van der Waals surface area contributed by atoms with Gasteiger partial charge in [-0.3, -0.25) is 4.18 Å². The van der Waals surface area contributed by atoms with Gasteiger partial charge in [0.15, 0.2) is 0 Å². The Bertz CT molecular complexity index is 354. The minimum atomic E-state index is -4.47. The summed E-state index contributed by atoms with van der Waals surface area (Å²) in [5.41, 5.74) is 0. The molecule has 0 amide bonds. The molecule has 0 aromatic heterocycles. The molecule has 18 heavy (non-hydrogen) atoms. The number of unbranched alkanes of at least 4 members (excludes halogenated alkanes) is 1. The zero-order valence-corrected chi connectivity index (χ0v) is 15.5. The molecule has 10 heteroatoms. The molecule has 0 saturated heterocycles. The molecule has 1 atom stereocenters. The number of aliphatic carboxylic acids is 2. The third kappa shape index (κ3) is 9.74. The zero-order chi connectivity index (χ0) is 12.8. The summed E-state index contributed by atoms with van der Waals surface area (Å²) in [4.78, 5) is 20.6. The van der Waals surface area contributed by atoms with Gasteiger partial charge >= 0.3 is 59.1 Å². The van der Waals surface area contributed by atoms with E-state index >= 15 is 0 Å². The normalized spacial score (nSPS) is 11.8. The monoisotopic (exact) mass is 298 g/mol. The first kappa shape index (κ1) is 23.9. The van der Waals surface area contributed by atoms with E-state index in [9.17, 15) is 28.2 Å². The third-order valence-corrected chi connectivity index (χ3v) is 3.26. The first-order valence-corrected chi connectivity index (χ1v) is 6.07. The predicted molar refractivity (Wildman–Crippen MR) is 48.2 cm³/mol. The van der Waals surface area contributed by atoms with E-state index in [4.69, 9.17) is 0 Å². The van der Waals surface area contributed by atoms with E-state index in [2.05, 4.69) is 4.18 Å². The van der Waals surface area contributed by atoms with Crippen LogP contribution in [0.15, 0.2) is 0 Å². The van der Waals surface area contributed by atoms with Crippen molar-refractivity contribution in [3.05, 3.63) is 0 Å². The standard InChI is InChI=1S/C8H14O7S.2Na/c1-2-3-4-15-16(13,14)6(8(11)12)5-7(9)10;;/h6H,2-5H2,1H3,(H,9,10)(H,11,12);;/q;2*+1/p-2. The van der Waals surface area contributed by atoms with E-state index in [1.54, 1.807) is 6.92 Å². The van der Waals surface area contributed by atoms with Gasteiger partial charge in [-0.25, -0.2) is 0 Å². The molecule has 0 rings (SSSR count). The molecule has 7 nitrogen and oxygen atoms in total. The van der Waals surface area contributed by atoms with Gasteiger partial charge < -0.3 is 19.8 Å². The first-order valence-electron chi connectivity index (χ1n) is 4.60. The van der Waals surface area contributed by atoms with E-state index < -0.39 is 33.7 Å². The van der Waals surface area contributed by atoms with Gasteiger partial charge in [0.1, 0.15) is 5.25 Å². The average Bonchev–Trinajstić information content (AvgIpc) is 2.13. The summed E-state index contributed by atoms with van der Waals surface area (Å²) in [7, 11) is -4.47. The molecule has 0 aliphatic heterocycles. The van der Waals surface area contributed by atoms with Crippen LogP contribution in [0, 0.1) is 0 Å². The second-order valence-electron chi connectivity index (χ2n) is 3.05. The SMILES string of the molecule is CCCCOS(=O)(=O)C(CC(=O)[O-])C(=O)[O-].[Na+].[Na+]. The fourth-order valence-electron chi connectivity index (χ4n) is 0.856. The number of carboxylic acids is 2. The van der Waals surface area contributed by atoms with Crippen molar-refractivity contribution in [2.24, 2.45) is 0 Å². The Hall–Kier alpha value is 0.850. The summed E-state index contributed by atoms with van der Waals surface area (Å²) in [6, 6.07) is 0. The van der Waals surface area contributed by atoms with E-state index in [0.717, 1.165) is 0 Å².